The summed E-state index contributed by atoms with van der Waals surface area (Å²) < 4.78 is 27.8. The van der Waals surface area contributed by atoms with E-state index < -0.39 is 29.0 Å². The molecule has 0 aliphatic heterocycles. The Morgan fingerprint density at radius 1 is 0.952 bits per heavy atom. The van der Waals surface area contributed by atoms with Crippen LogP contribution in [0.1, 0.15) is 36.8 Å². The lowest BCUT2D eigenvalue weighted by Gasteiger charge is -2.20. The van der Waals surface area contributed by atoms with Crippen LogP contribution in [0.4, 0.5) is 20.6 Å². The van der Waals surface area contributed by atoms with E-state index in [0.717, 1.165) is 6.07 Å². The fraction of sp³-hybridized carbons (Fsp3) is 0.161. The van der Waals surface area contributed by atoms with Crippen LogP contribution >= 0.6 is 0 Å². The number of hydrogen-bond acceptors (Lipinski definition) is 6. The summed E-state index contributed by atoms with van der Waals surface area (Å²) >= 11 is 0. The molecule has 2 heterocycles. The first-order chi connectivity index (χ1) is 20.0. The Morgan fingerprint density at radius 2 is 1.71 bits per heavy atom. The summed E-state index contributed by atoms with van der Waals surface area (Å²) in [5.74, 6) is -1.49. The molecule has 3 aromatic carbocycles. The van der Waals surface area contributed by atoms with Crippen molar-refractivity contribution < 1.29 is 23.5 Å². The molecule has 0 aliphatic carbocycles. The molecule has 0 saturated carbocycles. The third-order valence-electron chi connectivity index (χ3n) is 6.12. The molecule has 0 spiro atoms. The number of nitrogens with one attached hydrogen (secondary N) is 3. The van der Waals surface area contributed by atoms with Crippen LogP contribution < -0.4 is 20.9 Å². The zero-order valence-electron chi connectivity index (χ0n) is 23.3. The van der Waals surface area contributed by atoms with E-state index in [1.165, 1.54) is 22.8 Å². The van der Waals surface area contributed by atoms with Crippen molar-refractivity contribution in [3.63, 3.8) is 0 Å². The van der Waals surface area contributed by atoms with Gasteiger partial charge in [-0.25, -0.2) is 9.18 Å². The van der Waals surface area contributed by atoms with Gasteiger partial charge in [0.2, 0.25) is 0 Å². The van der Waals surface area contributed by atoms with E-state index >= 15 is 4.39 Å². The monoisotopic (exact) mass is 569 g/mol. The first kappa shape index (κ1) is 28.1. The quantitative estimate of drug-likeness (QED) is 0.213. The van der Waals surface area contributed by atoms with Gasteiger partial charge in [0.25, 0.3) is 11.5 Å². The molecule has 11 heteroatoms. The van der Waals surface area contributed by atoms with Gasteiger partial charge in [-0.15, -0.1) is 0 Å². The number of halogens is 1. The fourth-order valence-corrected chi connectivity index (χ4v) is 4.25. The van der Waals surface area contributed by atoms with Crippen molar-refractivity contribution in [2.45, 2.75) is 33.3 Å². The first-order valence-corrected chi connectivity index (χ1v) is 13.0. The van der Waals surface area contributed by atoms with Gasteiger partial charge < -0.3 is 14.8 Å². The van der Waals surface area contributed by atoms with Gasteiger partial charge in [-0.05, 0) is 76.2 Å². The van der Waals surface area contributed by atoms with Gasteiger partial charge in [0.1, 0.15) is 11.2 Å². The Hall–Kier alpha value is -5.45. The van der Waals surface area contributed by atoms with Gasteiger partial charge in [-0.3, -0.25) is 24.6 Å². The van der Waals surface area contributed by atoms with Crippen molar-refractivity contribution in [2.75, 3.05) is 10.6 Å². The summed E-state index contributed by atoms with van der Waals surface area (Å²) in [6.45, 7) is 6.96. The minimum Gasteiger partial charge on any atom is -0.452 e. The molecule has 5 rings (SSSR count). The Labute approximate surface area is 240 Å². The van der Waals surface area contributed by atoms with Crippen molar-refractivity contribution in [3.05, 3.63) is 106 Å². The molecule has 0 radical (unpaired) electrons. The van der Waals surface area contributed by atoms with Crippen LogP contribution in [0, 0.1) is 12.7 Å². The first-order valence-electron chi connectivity index (χ1n) is 13.0. The number of pyridine rings is 1. The summed E-state index contributed by atoms with van der Waals surface area (Å²) in [4.78, 5) is 38.6. The number of H-pyrrole nitrogens is 1. The third-order valence-corrected chi connectivity index (χ3v) is 6.12. The number of fused-ring (bicyclic) bond motifs is 1. The maximum absolute atomic E-state index is 15.2. The second-order valence-corrected chi connectivity index (χ2v) is 10.5. The average Bonchev–Trinajstić information content (AvgIpc) is 3.37. The van der Waals surface area contributed by atoms with E-state index in [2.05, 4.69) is 20.8 Å². The zero-order valence-corrected chi connectivity index (χ0v) is 23.3. The molecule has 0 bridgehead atoms. The number of amides is 2. The van der Waals surface area contributed by atoms with Gasteiger partial charge >= 0.3 is 6.09 Å². The van der Waals surface area contributed by atoms with Gasteiger partial charge in [0, 0.05) is 28.5 Å². The molecule has 42 heavy (non-hydrogen) atoms. The van der Waals surface area contributed by atoms with Gasteiger partial charge in [-0.2, -0.15) is 5.10 Å². The van der Waals surface area contributed by atoms with E-state index in [1.807, 2.05) is 6.07 Å². The third kappa shape index (κ3) is 6.15. The Balaban J connectivity index is 1.38. The molecule has 214 valence electrons. The molecular weight excluding hydrogens is 541 g/mol. The van der Waals surface area contributed by atoms with E-state index in [0.29, 0.717) is 22.3 Å². The van der Waals surface area contributed by atoms with E-state index in [9.17, 15) is 14.4 Å². The molecule has 0 fully saturated rings. The molecule has 2 amide bonds. The lowest BCUT2D eigenvalue weighted by Crippen LogP contribution is -2.29. The Morgan fingerprint density at radius 3 is 2.43 bits per heavy atom. The predicted octanol–water partition coefficient (Wildman–Crippen LogP) is 6.55. The van der Waals surface area contributed by atoms with Gasteiger partial charge in [0.05, 0.1) is 17.4 Å². The Kier molecular flexibility index (Phi) is 7.49. The topological polar surface area (TPSA) is 127 Å². The van der Waals surface area contributed by atoms with Crippen LogP contribution in [0.15, 0.2) is 83.8 Å². The Bertz CT molecular complexity index is 1860. The number of aromatic amines is 1. The molecule has 0 unspecified atom stereocenters. The lowest BCUT2D eigenvalue weighted by atomic mass is 10.2. The van der Waals surface area contributed by atoms with Crippen LogP contribution in [-0.2, 0) is 4.74 Å². The number of para-hydroxylation sites is 1. The molecule has 3 N–H and O–H groups in total. The summed E-state index contributed by atoms with van der Waals surface area (Å²) in [6.07, 6.45) is 0.845. The van der Waals surface area contributed by atoms with Crippen LogP contribution in [0.2, 0.25) is 0 Å². The molecule has 0 aliphatic rings. The highest BCUT2D eigenvalue weighted by molar-refractivity contribution is 6.04. The van der Waals surface area contributed by atoms with Crippen molar-refractivity contribution in [1.82, 2.24) is 14.8 Å². The molecule has 2 aromatic heterocycles. The maximum atomic E-state index is 15.2. The summed E-state index contributed by atoms with van der Waals surface area (Å²) in [6, 6.07) is 19.1. The van der Waals surface area contributed by atoms with E-state index in [-0.39, 0.29) is 28.4 Å². The largest absolute Gasteiger partial charge is 0.452 e. The number of ether oxygens (including phenoxy) is 2. The number of aryl methyl sites for hydroxylation is 1. The number of benzene rings is 3. The lowest BCUT2D eigenvalue weighted by molar-refractivity contribution is 0.0635. The van der Waals surface area contributed by atoms with Crippen molar-refractivity contribution in [3.8, 4) is 17.2 Å². The van der Waals surface area contributed by atoms with Crippen molar-refractivity contribution in [2.24, 2.45) is 0 Å². The number of carbonyl (C=O) groups excluding carboxylic acids is 2. The summed E-state index contributed by atoms with van der Waals surface area (Å²) in [7, 11) is 0. The number of carbonyl (C=O) groups is 2. The van der Waals surface area contributed by atoms with E-state index in [4.69, 9.17) is 9.47 Å². The normalized spacial score (nSPS) is 11.3. The van der Waals surface area contributed by atoms with Crippen molar-refractivity contribution in [1.29, 1.82) is 0 Å². The predicted molar refractivity (Wildman–Crippen MR) is 157 cm³/mol. The number of rotatable bonds is 6. The fourth-order valence-electron chi connectivity index (χ4n) is 4.25. The van der Waals surface area contributed by atoms with Crippen LogP contribution in [-0.4, -0.2) is 32.4 Å². The molecular formula is C31H28FN5O5. The number of aromatic nitrogens is 3. The number of hydrogen-bond donors (Lipinski definition) is 3. The maximum Gasteiger partial charge on any atom is 0.412 e. The second-order valence-electron chi connectivity index (χ2n) is 10.5. The number of nitrogens with zero attached hydrogens (tertiary/aromatic N) is 2. The second kappa shape index (κ2) is 11.2. The minimum absolute atomic E-state index is 0.100. The summed E-state index contributed by atoms with van der Waals surface area (Å²) in [5, 5.41) is 12.7. The van der Waals surface area contributed by atoms with Gasteiger partial charge in [-0.1, -0.05) is 18.2 Å². The highest BCUT2D eigenvalue weighted by Crippen LogP contribution is 2.35. The van der Waals surface area contributed by atoms with Crippen LogP contribution in [0.25, 0.3) is 16.6 Å². The zero-order chi connectivity index (χ0) is 30.0. The molecule has 0 saturated heterocycles. The standard InChI is InChI=1S/C31H28FN5O5/c1-18-10-12-22(29(39)37(18)21-8-6-5-7-9-21)28(38)34-20-11-13-26(23(32)15-20)41-27-14-19-17-33-36-24(19)16-25(27)35-30(40)42-31(2,3)4/h5-17H,1-4H3,(H,33,36)(H,34,38)(H,35,40). The van der Waals surface area contributed by atoms with Crippen LogP contribution in [0.5, 0.6) is 11.5 Å². The summed E-state index contributed by atoms with van der Waals surface area (Å²) in [5.41, 5.74) is 0.911. The minimum atomic E-state index is -0.783. The van der Waals surface area contributed by atoms with E-state index in [1.54, 1.807) is 76.4 Å². The van der Waals surface area contributed by atoms with Crippen molar-refractivity contribution >= 4 is 34.3 Å². The smallest absolute Gasteiger partial charge is 0.412 e. The van der Waals surface area contributed by atoms with Gasteiger partial charge in [0.15, 0.2) is 17.3 Å². The SMILES string of the molecule is Cc1ccc(C(=O)Nc2ccc(Oc3cc4cn[nH]c4cc3NC(=O)OC(C)(C)C)c(F)c2)c(=O)n1-c1ccccc1. The molecule has 5 aromatic rings. The number of anilines is 2. The molecule has 0 atom stereocenters. The highest BCUT2D eigenvalue weighted by Gasteiger charge is 2.20. The highest BCUT2D eigenvalue weighted by atomic mass is 19.1. The average molecular weight is 570 g/mol. The molecule has 10 nitrogen and oxygen atoms in total. The van der Waals surface area contributed by atoms with Crippen LogP contribution in [0.3, 0.4) is 0 Å².